The number of rotatable bonds is 4. The fourth-order valence-corrected chi connectivity index (χ4v) is 5.65. The minimum Gasteiger partial charge on any atom is -0.362 e. The lowest BCUT2D eigenvalue weighted by atomic mass is 9.72. The van der Waals surface area contributed by atoms with E-state index in [2.05, 4.69) is 10.6 Å². The molecule has 1 amide bonds. The van der Waals surface area contributed by atoms with Gasteiger partial charge >= 0.3 is 0 Å². The molecule has 1 aliphatic heterocycles. The van der Waals surface area contributed by atoms with Crippen molar-refractivity contribution in [2.75, 3.05) is 5.32 Å². The molecule has 0 unspecified atom stereocenters. The third-order valence-electron chi connectivity index (χ3n) is 6.30. The standard InChI is InChI=1S/C27H22F2N2O2S/c1-15-24(27(33)31-20-9-7-18(28)8-10-20)25(16-4-2-5-19(29)12-16)26-21(30-15)13-17(14-22(26)32)23-6-3-11-34-23/h2-12,17,25,30H,13-14H2,1H3,(H,31,33)/t17-,25-/m1/s1. The Morgan fingerprint density at radius 1 is 1.03 bits per heavy atom. The highest BCUT2D eigenvalue weighted by atomic mass is 32.1. The average Bonchev–Trinajstić information content (AvgIpc) is 3.34. The van der Waals surface area contributed by atoms with Crippen LogP contribution in [0.25, 0.3) is 0 Å². The van der Waals surface area contributed by atoms with E-state index in [0.717, 1.165) is 10.6 Å². The van der Waals surface area contributed by atoms with Crippen molar-refractivity contribution in [3.8, 4) is 0 Å². The van der Waals surface area contributed by atoms with Crippen molar-refractivity contribution >= 4 is 28.7 Å². The number of nitrogens with one attached hydrogen (secondary N) is 2. The zero-order valence-electron chi connectivity index (χ0n) is 18.4. The van der Waals surface area contributed by atoms with Gasteiger partial charge in [-0.05, 0) is 66.8 Å². The van der Waals surface area contributed by atoms with Crippen LogP contribution in [0.5, 0.6) is 0 Å². The Morgan fingerprint density at radius 2 is 1.82 bits per heavy atom. The van der Waals surface area contributed by atoms with Crippen LogP contribution in [0.2, 0.25) is 0 Å². The Bertz CT molecular complexity index is 1330. The summed E-state index contributed by atoms with van der Waals surface area (Å²) in [4.78, 5) is 28.1. The number of hydrogen-bond acceptors (Lipinski definition) is 4. The molecule has 3 aromatic rings. The molecule has 34 heavy (non-hydrogen) atoms. The molecule has 0 saturated heterocycles. The molecule has 7 heteroatoms. The van der Waals surface area contributed by atoms with Gasteiger partial charge in [0.15, 0.2) is 5.78 Å². The Hall–Kier alpha value is -3.58. The number of thiophene rings is 1. The lowest BCUT2D eigenvalue weighted by Crippen LogP contribution is -2.37. The molecule has 0 spiro atoms. The minimum absolute atomic E-state index is 0.0546. The lowest BCUT2D eigenvalue weighted by molar-refractivity contribution is -0.116. The monoisotopic (exact) mass is 476 g/mol. The van der Waals surface area contributed by atoms with E-state index in [1.54, 1.807) is 30.4 Å². The van der Waals surface area contributed by atoms with Gasteiger partial charge in [0.05, 0.1) is 0 Å². The van der Waals surface area contributed by atoms with Gasteiger partial charge in [0.1, 0.15) is 11.6 Å². The number of carbonyl (C=O) groups is 2. The maximum absolute atomic E-state index is 14.2. The fourth-order valence-electron chi connectivity index (χ4n) is 4.82. The number of benzene rings is 2. The number of anilines is 1. The van der Waals surface area contributed by atoms with E-state index in [1.165, 1.54) is 36.4 Å². The summed E-state index contributed by atoms with van der Waals surface area (Å²) >= 11 is 1.62. The second-order valence-electron chi connectivity index (χ2n) is 8.55. The van der Waals surface area contributed by atoms with Crippen molar-refractivity contribution < 1.29 is 18.4 Å². The van der Waals surface area contributed by atoms with Crippen molar-refractivity contribution in [1.82, 2.24) is 5.32 Å². The van der Waals surface area contributed by atoms with Gasteiger partial charge in [-0.1, -0.05) is 18.2 Å². The maximum atomic E-state index is 14.2. The van der Waals surface area contributed by atoms with Crippen molar-refractivity contribution in [2.45, 2.75) is 31.6 Å². The maximum Gasteiger partial charge on any atom is 0.254 e. The number of ketones is 1. The van der Waals surface area contributed by atoms with Gasteiger partial charge in [-0.3, -0.25) is 9.59 Å². The number of dihydropyridines is 1. The fraction of sp³-hybridized carbons (Fsp3) is 0.185. The van der Waals surface area contributed by atoms with E-state index in [9.17, 15) is 18.4 Å². The predicted molar refractivity (Wildman–Crippen MR) is 128 cm³/mol. The Kier molecular flexibility index (Phi) is 5.87. The van der Waals surface area contributed by atoms with Crippen molar-refractivity contribution in [3.63, 3.8) is 0 Å². The molecular weight excluding hydrogens is 454 g/mol. The summed E-state index contributed by atoms with van der Waals surface area (Å²) in [5, 5.41) is 8.10. The van der Waals surface area contributed by atoms with Crippen LogP contribution in [0.15, 0.2) is 88.6 Å². The van der Waals surface area contributed by atoms with E-state index >= 15 is 0 Å². The van der Waals surface area contributed by atoms with Gasteiger partial charge in [-0.25, -0.2) is 8.78 Å². The molecular formula is C27H22F2N2O2S. The SMILES string of the molecule is CC1=C(C(=O)Nc2ccc(F)cc2)[C@@H](c2cccc(F)c2)C2=C(C[C@@H](c3cccs3)CC2=O)N1. The molecule has 0 saturated carbocycles. The zero-order chi connectivity index (χ0) is 23.8. The highest BCUT2D eigenvalue weighted by Gasteiger charge is 2.41. The number of carbonyl (C=O) groups excluding carboxylic acids is 2. The van der Waals surface area contributed by atoms with E-state index in [1.807, 2.05) is 17.5 Å². The molecule has 172 valence electrons. The first kappa shape index (κ1) is 22.2. The molecule has 2 N–H and O–H groups in total. The second kappa shape index (κ2) is 8.99. The van der Waals surface area contributed by atoms with Gasteiger partial charge in [-0.15, -0.1) is 11.3 Å². The second-order valence-corrected chi connectivity index (χ2v) is 9.53. The molecule has 2 aliphatic rings. The summed E-state index contributed by atoms with van der Waals surface area (Å²) in [6, 6.07) is 15.5. The smallest absolute Gasteiger partial charge is 0.254 e. The highest BCUT2D eigenvalue weighted by Crippen LogP contribution is 2.46. The summed E-state index contributed by atoms with van der Waals surface area (Å²) in [7, 11) is 0. The van der Waals surface area contributed by atoms with Gasteiger partial charge in [-0.2, -0.15) is 0 Å². The van der Waals surface area contributed by atoms with E-state index in [-0.39, 0.29) is 11.7 Å². The Morgan fingerprint density at radius 3 is 2.53 bits per heavy atom. The molecule has 0 fully saturated rings. The van der Waals surface area contributed by atoms with Gasteiger partial charge in [0.2, 0.25) is 0 Å². The molecule has 2 heterocycles. The lowest BCUT2D eigenvalue weighted by Gasteiger charge is -2.36. The van der Waals surface area contributed by atoms with Crippen LogP contribution in [0, 0.1) is 11.6 Å². The molecule has 0 bridgehead atoms. The molecule has 1 aliphatic carbocycles. The number of allylic oxidation sites excluding steroid dienone is 3. The first-order valence-electron chi connectivity index (χ1n) is 11.0. The number of hydrogen-bond donors (Lipinski definition) is 2. The molecule has 2 aromatic carbocycles. The van der Waals surface area contributed by atoms with Crippen LogP contribution in [-0.4, -0.2) is 11.7 Å². The third-order valence-corrected chi connectivity index (χ3v) is 7.34. The van der Waals surface area contributed by atoms with E-state index in [4.69, 9.17) is 0 Å². The van der Waals surface area contributed by atoms with Crippen LogP contribution in [0.4, 0.5) is 14.5 Å². The summed E-state index contributed by atoms with van der Waals surface area (Å²) in [6.07, 6.45) is 0.969. The number of halogens is 2. The topological polar surface area (TPSA) is 58.2 Å². The van der Waals surface area contributed by atoms with Crippen LogP contribution < -0.4 is 10.6 Å². The van der Waals surface area contributed by atoms with Crippen LogP contribution in [-0.2, 0) is 9.59 Å². The summed E-state index contributed by atoms with van der Waals surface area (Å²) < 4.78 is 27.5. The van der Waals surface area contributed by atoms with Crippen molar-refractivity contribution in [2.24, 2.45) is 0 Å². The minimum atomic E-state index is -0.704. The first-order chi connectivity index (χ1) is 16.4. The third kappa shape index (κ3) is 4.19. The van der Waals surface area contributed by atoms with Gasteiger partial charge < -0.3 is 10.6 Å². The molecule has 5 rings (SSSR count). The van der Waals surface area contributed by atoms with Crippen LogP contribution in [0.1, 0.15) is 42.0 Å². The normalized spacial score (nSPS) is 20.1. The van der Waals surface area contributed by atoms with Crippen molar-refractivity contribution in [1.29, 1.82) is 0 Å². The highest BCUT2D eigenvalue weighted by molar-refractivity contribution is 7.10. The summed E-state index contributed by atoms with van der Waals surface area (Å²) in [5.41, 5.74) is 3.20. The Labute approximate surface area is 200 Å². The Balaban J connectivity index is 1.56. The molecule has 4 nitrogen and oxygen atoms in total. The van der Waals surface area contributed by atoms with E-state index in [0.29, 0.717) is 40.9 Å². The zero-order valence-corrected chi connectivity index (χ0v) is 19.2. The largest absolute Gasteiger partial charge is 0.362 e. The van der Waals surface area contributed by atoms with Gasteiger partial charge in [0.25, 0.3) is 5.91 Å². The number of amides is 1. The first-order valence-corrected chi connectivity index (χ1v) is 11.9. The molecule has 2 atom stereocenters. The van der Waals surface area contributed by atoms with E-state index < -0.39 is 23.5 Å². The predicted octanol–water partition coefficient (Wildman–Crippen LogP) is 6.03. The molecule has 1 aromatic heterocycles. The van der Waals surface area contributed by atoms with Gasteiger partial charge in [0, 0.05) is 51.4 Å². The van der Waals surface area contributed by atoms with Crippen LogP contribution >= 0.6 is 11.3 Å². The summed E-state index contributed by atoms with van der Waals surface area (Å²) in [6.45, 7) is 1.79. The number of Topliss-reactive ketones (excluding diaryl/α,β-unsaturated/α-hetero) is 1. The summed E-state index contributed by atoms with van der Waals surface area (Å²) in [5.74, 6) is -1.97. The van der Waals surface area contributed by atoms with Crippen LogP contribution in [0.3, 0.4) is 0 Å². The average molecular weight is 477 g/mol. The quantitative estimate of drug-likeness (QED) is 0.484. The molecule has 0 radical (unpaired) electrons. The van der Waals surface area contributed by atoms with Crippen molar-refractivity contribution in [3.05, 3.63) is 111 Å².